The largest absolute Gasteiger partial charge is 0.0928 e. The van der Waals surface area contributed by atoms with E-state index in [9.17, 15) is 0 Å². The smallest absolute Gasteiger partial charge is 0.00342 e. The lowest BCUT2D eigenvalue weighted by molar-refractivity contribution is 0.559. The van der Waals surface area contributed by atoms with Gasteiger partial charge in [-0.3, -0.25) is 0 Å². The molecule has 1 heteroatoms. The van der Waals surface area contributed by atoms with Crippen molar-refractivity contribution in [3.63, 3.8) is 0 Å². The summed E-state index contributed by atoms with van der Waals surface area (Å²) in [6.07, 6.45) is 11.1. The molecule has 0 bridgehead atoms. The van der Waals surface area contributed by atoms with Gasteiger partial charge in [0.2, 0.25) is 0 Å². The fourth-order valence-electron chi connectivity index (χ4n) is 1.07. The minimum Gasteiger partial charge on any atom is -0.0928 e. The lowest BCUT2D eigenvalue weighted by Crippen LogP contribution is -1.84. The molecule has 0 N–H and O–H groups in total. The van der Waals surface area contributed by atoms with Crippen LogP contribution in [0.2, 0.25) is 0 Å². The van der Waals surface area contributed by atoms with Crippen molar-refractivity contribution in [3.8, 4) is 0 Å². The summed E-state index contributed by atoms with van der Waals surface area (Å²) in [4.78, 5) is 0. The van der Waals surface area contributed by atoms with Crippen molar-refractivity contribution in [2.75, 3.05) is 5.33 Å². The molecule has 0 heterocycles. The highest BCUT2D eigenvalue weighted by molar-refractivity contribution is 9.09. The molecule has 0 saturated heterocycles. The summed E-state index contributed by atoms with van der Waals surface area (Å²) in [6, 6.07) is 0. The summed E-state index contributed by atoms with van der Waals surface area (Å²) < 4.78 is 0. The highest BCUT2D eigenvalue weighted by Gasteiger charge is 1.90. The summed E-state index contributed by atoms with van der Waals surface area (Å²) in [5.41, 5.74) is 0. The fourth-order valence-corrected chi connectivity index (χ4v) is 1.40. The Morgan fingerprint density at radius 2 is 1.67 bits per heavy atom. The molecular formula is C11H21Br. The van der Waals surface area contributed by atoms with Gasteiger partial charge in [0, 0.05) is 5.33 Å². The monoisotopic (exact) mass is 232 g/mol. The first-order chi connectivity index (χ1) is 5.77. The maximum atomic E-state index is 3.42. The third kappa shape index (κ3) is 10.2. The van der Waals surface area contributed by atoms with Gasteiger partial charge in [-0.25, -0.2) is 0 Å². The van der Waals surface area contributed by atoms with E-state index < -0.39 is 0 Å². The molecule has 0 rings (SSSR count). The van der Waals surface area contributed by atoms with Crippen LogP contribution in [0.15, 0.2) is 12.2 Å². The Morgan fingerprint density at radius 1 is 1.08 bits per heavy atom. The first kappa shape index (κ1) is 12.2. The van der Waals surface area contributed by atoms with Crippen LogP contribution in [0.4, 0.5) is 0 Å². The molecule has 12 heavy (non-hydrogen) atoms. The van der Waals surface area contributed by atoms with Crippen molar-refractivity contribution >= 4 is 15.9 Å². The van der Waals surface area contributed by atoms with Crippen molar-refractivity contribution in [1.29, 1.82) is 0 Å². The lowest BCUT2D eigenvalue weighted by Gasteiger charge is -2.00. The molecule has 0 aromatic rings. The molecule has 0 aliphatic carbocycles. The molecule has 0 aliphatic heterocycles. The van der Waals surface area contributed by atoms with Crippen LogP contribution < -0.4 is 0 Å². The second-order valence-corrected chi connectivity index (χ2v) is 4.42. The molecule has 0 unspecified atom stereocenters. The van der Waals surface area contributed by atoms with E-state index in [1.54, 1.807) is 0 Å². The van der Waals surface area contributed by atoms with Crippen LogP contribution in [0.25, 0.3) is 0 Å². The Labute approximate surface area is 85.6 Å². The molecule has 0 amide bonds. The van der Waals surface area contributed by atoms with Crippen LogP contribution in [0, 0.1) is 5.92 Å². The van der Waals surface area contributed by atoms with E-state index in [1.165, 1.54) is 32.1 Å². The van der Waals surface area contributed by atoms with Gasteiger partial charge in [-0.2, -0.15) is 0 Å². The maximum absolute atomic E-state index is 3.42. The molecule has 0 saturated carbocycles. The van der Waals surface area contributed by atoms with E-state index in [4.69, 9.17) is 0 Å². The van der Waals surface area contributed by atoms with Crippen LogP contribution in [0.1, 0.15) is 46.0 Å². The zero-order valence-electron chi connectivity index (χ0n) is 8.35. The van der Waals surface area contributed by atoms with Crippen LogP contribution in [0.3, 0.4) is 0 Å². The molecule has 0 aromatic heterocycles. The minimum absolute atomic E-state index is 0.862. The van der Waals surface area contributed by atoms with Crippen molar-refractivity contribution in [1.82, 2.24) is 0 Å². The number of unbranched alkanes of at least 4 members (excludes halogenated alkanes) is 2. The summed E-state index contributed by atoms with van der Waals surface area (Å²) in [5, 5.41) is 1.13. The van der Waals surface area contributed by atoms with Gasteiger partial charge in [0.15, 0.2) is 0 Å². The van der Waals surface area contributed by atoms with Crippen molar-refractivity contribution in [2.24, 2.45) is 5.92 Å². The number of allylic oxidation sites excluding steroid dienone is 2. The van der Waals surface area contributed by atoms with E-state index in [0.717, 1.165) is 11.2 Å². The third-order valence-electron chi connectivity index (χ3n) is 1.82. The van der Waals surface area contributed by atoms with E-state index in [0.29, 0.717) is 0 Å². The standard InChI is InChI=1S/C11H21Br/c1-11(2)9-7-5-3-4-6-8-10-12/h3-4,11H,5-10H2,1-2H3/b4-3+. The van der Waals surface area contributed by atoms with Gasteiger partial charge in [0.1, 0.15) is 0 Å². The molecule has 0 aliphatic rings. The molecule has 0 aromatic carbocycles. The number of hydrogen-bond acceptors (Lipinski definition) is 0. The van der Waals surface area contributed by atoms with Crippen molar-refractivity contribution in [2.45, 2.75) is 46.0 Å². The number of rotatable bonds is 7. The summed E-state index contributed by atoms with van der Waals surface area (Å²) in [7, 11) is 0. The van der Waals surface area contributed by atoms with Gasteiger partial charge in [-0.05, 0) is 31.6 Å². The predicted octanol–water partition coefficient (Wildman–Crippen LogP) is 4.54. The Kier molecular flexibility index (Phi) is 9.48. The number of alkyl halides is 1. The molecule has 0 nitrogen and oxygen atoms in total. The molecular weight excluding hydrogens is 212 g/mol. The third-order valence-corrected chi connectivity index (χ3v) is 2.38. The molecule has 72 valence electrons. The van der Waals surface area contributed by atoms with Crippen molar-refractivity contribution < 1.29 is 0 Å². The Balaban J connectivity index is 3.03. The first-order valence-corrected chi connectivity index (χ1v) is 6.10. The normalized spacial score (nSPS) is 11.7. The topological polar surface area (TPSA) is 0 Å². The SMILES string of the molecule is CC(C)CCC/C=C/CCCBr. The average molecular weight is 233 g/mol. The Bertz CT molecular complexity index is 106. The van der Waals surface area contributed by atoms with Crippen LogP contribution in [0.5, 0.6) is 0 Å². The highest BCUT2D eigenvalue weighted by Crippen LogP contribution is 2.06. The van der Waals surface area contributed by atoms with E-state index in [2.05, 4.69) is 41.9 Å². The predicted molar refractivity (Wildman–Crippen MR) is 60.9 cm³/mol. The van der Waals surface area contributed by atoms with Crippen LogP contribution >= 0.6 is 15.9 Å². The minimum atomic E-state index is 0.862. The maximum Gasteiger partial charge on any atom is 0.00342 e. The summed E-state index contributed by atoms with van der Waals surface area (Å²) in [5.74, 6) is 0.862. The van der Waals surface area contributed by atoms with Gasteiger partial charge in [0.25, 0.3) is 0 Å². The zero-order chi connectivity index (χ0) is 9.23. The fraction of sp³-hybridized carbons (Fsp3) is 0.818. The van der Waals surface area contributed by atoms with E-state index in [1.807, 2.05) is 0 Å². The van der Waals surface area contributed by atoms with Gasteiger partial charge < -0.3 is 0 Å². The highest BCUT2D eigenvalue weighted by atomic mass is 79.9. The second-order valence-electron chi connectivity index (χ2n) is 3.63. The lowest BCUT2D eigenvalue weighted by atomic mass is 10.1. The Hall–Kier alpha value is 0.220. The van der Waals surface area contributed by atoms with Gasteiger partial charge in [-0.1, -0.05) is 48.4 Å². The first-order valence-electron chi connectivity index (χ1n) is 4.98. The quantitative estimate of drug-likeness (QED) is 0.344. The molecule has 0 fully saturated rings. The van der Waals surface area contributed by atoms with Gasteiger partial charge >= 0.3 is 0 Å². The second kappa shape index (κ2) is 9.31. The van der Waals surface area contributed by atoms with Gasteiger partial charge in [-0.15, -0.1) is 0 Å². The summed E-state index contributed by atoms with van der Waals surface area (Å²) in [6.45, 7) is 4.57. The zero-order valence-corrected chi connectivity index (χ0v) is 9.94. The molecule has 0 spiro atoms. The molecule has 0 radical (unpaired) electrons. The van der Waals surface area contributed by atoms with E-state index >= 15 is 0 Å². The number of hydrogen-bond donors (Lipinski definition) is 0. The summed E-state index contributed by atoms with van der Waals surface area (Å²) >= 11 is 3.42. The molecule has 0 atom stereocenters. The number of halogens is 1. The van der Waals surface area contributed by atoms with Gasteiger partial charge in [0.05, 0.1) is 0 Å². The van der Waals surface area contributed by atoms with Crippen LogP contribution in [-0.2, 0) is 0 Å². The van der Waals surface area contributed by atoms with Crippen molar-refractivity contribution in [3.05, 3.63) is 12.2 Å². The van der Waals surface area contributed by atoms with E-state index in [-0.39, 0.29) is 0 Å². The van der Waals surface area contributed by atoms with Crippen LogP contribution in [-0.4, -0.2) is 5.33 Å². The average Bonchev–Trinajstić information content (AvgIpc) is 2.02. The Morgan fingerprint density at radius 3 is 2.17 bits per heavy atom.